The third-order valence-electron chi connectivity index (χ3n) is 3.68. The second-order valence-electron chi connectivity index (χ2n) is 5.29. The average molecular weight is 342 g/mol. The number of aromatic carboxylic acids is 1. The van der Waals surface area contributed by atoms with Crippen LogP contribution in [0.15, 0.2) is 18.3 Å². The Morgan fingerprint density at radius 1 is 1.43 bits per heavy atom. The Bertz CT molecular complexity index is 686. The van der Waals surface area contributed by atoms with Gasteiger partial charge in [0.15, 0.2) is 9.84 Å². The molecule has 1 aromatic heterocycles. The molecule has 8 nitrogen and oxygen atoms in total. The van der Waals surface area contributed by atoms with E-state index in [4.69, 9.17) is 9.84 Å². The van der Waals surface area contributed by atoms with Crippen molar-refractivity contribution in [3.8, 4) is 0 Å². The van der Waals surface area contributed by atoms with Crippen molar-refractivity contribution >= 4 is 21.7 Å². The van der Waals surface area contributed by atoms with Gasteiger partial charge in [-0.25, -0.2) is 18.2 Å². The largest absolute Gasteiger partial charge is 0.477 e. The van der Waals surface area contributed by atoms with E-state index in [9.17, 15) is 18.0 Å². The van der Waals surface area contributed by atoms with Crippen molar-refractivity contribution in [2.45, 2.75) is 12.5 Å². The van der Waals surface area contributed by atoms with Crippen LogP contribution in [0.4, 0.5) is 0 Å². The molecule has 0 aliphatic carbocycles. The van der Waals surface area contributed by atoms with E-state index >= 15 is 0 Å². The van der Waals surface area contributed by atoms with Gasteiger partial charge in [0.05, 0.1) is 23.7 Å². The Balaban J connectivity index is 2.20. The molecule has 1 atom stereocenters. The van der Waals surface area contributed by atoms with Gasteiger partial charge >= 0.3 is 5.97 Å². The minimum absolute atomic E-state index is 0.0601. The molecule has 2 heterocycles. The number of ether oxygens (including phenoxy) is 1. The summed E-state index contributed by atoms with van der Waals surface area (Å²) in [6.07, 6.45) is 1.58. The number of amides is 1. The molecule has 1 unspecified atom stereocenters. The van der Waals surface area contributed by atoms with E-state index in [0.717, 1.165) is 0 Å². The normalized spacial score (nSPS) is 19.4. The van der Waals surface area contributed by atoms with Crippen LogP contribution in [0.25, 0.3) is 0 Å². The third kappa shape index (κ3) is 4.26. The van der Waals surface area contributed by atoms with E-state index in [1.165, 1.54) is 30.3 Å². The maximum Gasteiger partial charge on any atom is 0.354 e. The number of carboxylic acid groups (broad SMARTS) is 1. The summed E-state index contributed by atoms with van der Waals surface area (Å²) < 4.78 is 28.3. The number of rotatable bonds is 6. The van der Waals surface area contributed by atoms with Crippen LogP contribution < -0.4 is 0 Å². The summed E-state index contributed by atoms with van der Waals surface area (Å²) in [6.45, 7) is 0.541. The van der Waals surface area contributed by atoms with E-state index in [2.05, 4.69) is 4.98 Å². The van der Waals surface area contributed by atoms with Crippen molar-refractivity contribution in [2.75, 3.05) is 31.8 Å². The van der Waals surface area contributed by atoms with E-state index in [0.29, 0.717) is 6.42 Å². The number of sulfone groups is 1. The first-order valence-electron chi connectivity index (χ1n) is 7.04. The number of carbonyl (C=O) groups excluding carboxylic acids is 1. The lowest BCUT2D eigenvalue weighted by atomic mass is 10.1. The van der Waals surface area contributed by atoms with Crippen LogP contribution in [0.1, 0.15) is 27.3 Å². The molecule has 1 aliphatic heterocycles. The summed E-state index contributed by atoms with van der Waals surface area (Å²) in [5, 5.41) is 8.83. The van der Waals surface area contributed by atoms with Crippen LogP contribution in [-0.4, -0.2) is 73.1 Å². The Morgan fingerprint density at radius 2 is 2.17 bits per heavy atom. The SMILES string of the molecule is COCCN(C(=O)c1ccc(C(=O)O)nc1)C1CCS(=O)(=O)C1. The summed E-state index contributed by atoms with van der Waals surface area (Å²) in [6, 6.07) is 2.22. The van der Waals surface area contributed by atoms with Crippen molar-refractivity contribution < 1.29 is 27.9 Å². The first-order chi connectivity index (χ1) is 10.8. The molecular formula is C14H18N2O6S. The van der Waals surface area contributed by atoms with Crippen molar-refractivity contribution in [1.29, 1.82) is 0 Å². The summed E-state index contributed by atoms with van der Waals surface area (Å²) in [7, 11) is -1.63. The lowest BCUT2D eigenvalue weighted by Gasteiger charge is -2.28. The molecule has 23 heavy (non-hydrogen) atoms. The minimum atomic E-state index is -3.13. The Morgan fingerprint density at radius 3 is 2.65 bits per heavy atom. The first kappa shape index (κ1) is 17.4. The Hall–Kier alpha value is -2.00. The topological polar surface area (TPSA) is 114 Å². The van der Waals surface area contributed by atoms with Crippen LogP contribution in [-0.2, 0) is 14.6 Å². The van der Waals surface area contributed by atoms with E-state index in [-0.39, 0.29) is 41.8 Å². The molecule has 0 saturated carbocycles. The second kappa shape index (κ2) is 7.05. The summed E-state index contributed by atoms with van der Waals surface area (Å²) in [5.41, 5.74) is 0.0591. The third-order valence-corrected chi connectivity index (χ3v) is 5.43. The molecule has 9 heteroatoms. The van der Waals surface area contributed by atoms with Crippen LogP contribution >= 0.6 is 0 Å². The molecule has 0 aromatic carbocycles. The number of nitrogens with zero attached hydrogens (tertiary/aromatic N) is 2. The molecular weight excluding hydrogens is 324 g/mol. The maximum absolute atomic E-state index is 12.6. The molecule has 1 aromatic rings. The number of carboxylic acids is 1. The van der Waals surface area contributed by atoms with E-state index < -0.39 is 21.8 Å². The predicted octanol–water partition coefficient (Wildman–Crippen LogP) is 0.0555. The second-order valence-corrected chi connectivity index (χ2v) is 7.51. The monoisotopic (exact) mass is 342 g/mol. The quantitative estimate of drug-likeness (QED) is 0.777. The number of carbonyl (C=O) groups is 2. The molecule has 126 valence electrons. The van der Waals surface area contributed by atoms with Crippen molar-refractivity contribution in [2.24, 2.45) is 0 Å². The van der Waals surface area contributed by atoms with Gasteiger partial charge in [-0.3, -0.25) is 4.79 Å². The molecule has 0 radical (unpaired) electrons. The molecule has 2 rings (SSSR count). The highest BCUT2D eigenvalue weighted by molar-refractivity contribution is 7.91. The van der Waals surface area contributed by atoms with Crippen LogP contribution in [0.2, 0.25) is 0 Å². The van der Waals surface area contributed by atoms with Gasteiger partial charge in [-0.2, -0.15) is 0 Å². The number of hydrogen-bond donors (Lipinski definition) is 1. The smallest absolute Gasteiger partial charge is 0.354 e. The first-order valence-corrected chi connectivity index (χ1v) is 8.86. The zero-order chi connectivity index (χ0) is 17.0. The van der Waals surface area contributed by atoms with Crippen LogP contribution in [0.5, 0.6) is 0 Å². The summed E-state index contributed by atoms with van der Waals surface area (Å²) in [4.78, 5) is 28.6. The highest BCUT2D eigenvalue weighted by Gasteiger charge is 2.34. The lowest BCUT2D eigenvalue weighted by molar-refractivity contribution is 0.0621. The van der Waals surface area contributed by atoms with E-state index in [1.807, 2.05) is 0 Å². The van der Waals surface area contributed by atoms with Gasteiger partial charge in [0, 0.05) is 25.9 Å². The molecule has 0 bridgehead atoms. The highest BCUT2D eigenvalue weighted by Crippen LogP contribution is 2.20. The van der Waals surface area contributed by atoms with Gasteiger partial charge in [0.2, 0.25) is 0 Å². The fourth-order valence-electron chi connectivity index (χ4n) is 2.47. The molecule has 1 N–H and O–H groups in total. The van der Waals surface area contributed by atoms with Gasteiger partial charge in [0.25, 0.3) is 5.91 Å². The molecule has 0 spiro atoms. The van der Waals surface area contributed by atoms with Gasteiger partial charge in [-0.1, -0.05) is 0 Å². The van der Waals surface area contributed by atoms with Gasteiger partial charge in [0.1, 0.15) is 5.69 Å². The highest BCUT2D eigenvalue weighted by atomic mass is 32.2. The number of aromatic nitrogens is 1. The van der Waals surface area contributed by atoms with Gasteiger partial charge in [-0.05, 0) is 18.6 Å². The Kier molecular flexibility index (Phi) is 5.32. The lowest BCUT2D eigenvalue weighted by Crippen LogP contribution is -2.43. The van der Waals surface area contributed by atoms with Crippen LogP contribution in [0, 0.1) is 0 Å². The maximum atomic E-state index is 12.6. The average Bonchev–Trinajstić information content (AvgIpc) is 2.87. The summed E-state index contributed by atoms with van der Waals surface area (Å²) >= 11 is 0. The molecule has 1 amide bonds. The Labute approximate surface area is 134 Å². The van der Waals surface area contributed by atoms with Crippen LogP contribution in [0.3, 0.4) is 0 Å². The number of hydrogen-bond acceptors (Lipinski definition) is 6. The zero-order valence-electron chi connectivity index (χ0n) is 12.6. The zero-order valence-corrected chi connectivity index (χ0v) is 13.5. The van der Waals surface area contributed by atoms with Crippen molar-refractivity contribution in [3.63, 3.8) is 0 Å². The number of pyridine rings is 1. The number of methoxy groups -OCH3 is 1. The molecule has 1 fully saturated rings. The standard InChI is InChI=1S/C14H18N2O6S/c1-22-6-5-16(11-4-7-23(20,21)9-11)13(17)10-2-3-12(14(18)19)15-8-10/h2-3,8,11H,4-7,9H2,1H3,(H,18,19). The summed E-state index contributed by atoms with van der Waals surface area (Å²) in [5.74, 6) is -1.57. The molecule has 1 aliphatic rings. The van der Waals surface area contributed by atoms with E-state index in [1.54, 1.807) is 0 Å². The van der Waals surface area contributed by atoms with Gasteiger partial charge in [-0.15, -0.1) is 0 Å². The minimum Gasteiger partial charge on any atom is -0.477 e. The fraction of sp³-hybridized carbons (Fsp3) is 0.500. The van der Waals surface area contributed by atoms with Gasteiger partial charge < -0.3 is 14.7 Å². The predicted molar refractivity (Wildman–Crippen MR) is 81.2 cm³/mol. The van der Waals surface area contributed by atoms with Crippen molar-refractivity contribution in [3.05, 3.63) is 29.6 Å². The van der Waals surface area contributed by atoms with Crippen molar-refractivity contribution in [1.82, 2.24) is 9.88 Å². The molecule has 1 saturated heterocycles. The fourth-order valence-corrected chi connectivity index (χ4v) is 4.20.